The topological polar surface area (TPSA) is 41.6 Å². The minimum atomic E-state index is -0.184. The molecule has 2 fully saturated rings. The second kappa shape index (κ2) is 4.37. The molecule has 96 valence electrons. The van der Waals surface area contributed by atoms with E-state index >= 15 is 0 Å². The molecule has 2 saturated heterocycles. The van der Waals surface area contributed by atoms with Crippen molar-refractivity contribution in [1.82, 2.24) is 5.32 Å². The maximum Gasteiger partial charge on any atom is 0.253 e. The first-order chi connectivity index (χ1) is 8.70. The summed E-state index contributed by atoms with van der Waals surface area (Å²) in [5, 5.41) is 3.32. The zero-order valence-corrected chi connectivity index (χ0v) is 10.6. The lowest BCUT2D eigenvalue weighted by Crippen LogP contribution is -2.56. The van der Waals surface area contributed by atoms with Gasteiger partial charge in [0, 0.05) is 12.2 Å². The number of nitrogens with one attached hydrogen (secondary N) is 1. The summed E-state index contributed by atoms with van der Waals surface area (Å²) in [7, 11) is 0. The third-order valence-electron chi connectivity index (χ3n) is 3.86. The number of carbonyl (C=O) groups is 1. The van der Waals surface area contributed by atoms with Gasteiger partial charge in [-0.1, -0.05) is 18.2 Å². The number of rotatable bonds is 1. The molecule has 1 spiro atoms. The highest BCUT2D eigenvalue weighted by Crippen LogP contribution is 2.30. The van der Waals surface area contributed by atoms with Crippen LogP contribution >= 0.6 is 0 Å². The van der Waals surface area contributed by atoms with Gasteiger partial charge in [-0.2, -0.15) is 0 Å². The Kier molecular flexibility index (Phi) is 2.84. The number of amides is 1. The molecule has 18 heavy (non-hydrogen) atoms. The monoisotopic (exact) mass is 246 g/mol. The molecule has 2 aliphatic rings. The van der Waals surface area contributed by atoms with Crippen LogP contribution in [0.2, 0.25) is 0 Å². The molecule has 1 unspecified atom stereocenters. The van der Waals surface area contributed by atoms with Crippen LogP contribution in [0.1, 0.15) is 12.0 Å². The van der Waals surface area contributed by atoms with Crippen LogP contribution < -0.4 is 10.2 Å². The van der Waals surface area contributed by atoms with Crippen molar-refractivity contribution in [2.24, 2.45) is 0 Å². The molecule has 4 heteroatoms. The first-order valence-electron chi connectivity index (χ1n) is 6.41. The molecule has 0 aliphatic carbocycles. The Balaban J connectivity index is 1.90. The van der Waals surface area contributed by atoms with E-state index in [1.54, 1.807) is 0 Å². The molecule has 0 saturated carbocycles. The van der Waals surface area contributed by atoms with Gasteiger partial charge in [0.15, 0.2) is 0 Å². The number of carbonyl (C=O) groups excluding carboxylic acids is 1. The molecular formula is C14H18N2O2. The zero-order chi connectivity index (χ0) is 12.6. The Hall–Kier alpha value is -1.39. The van der Waals surface area contributed by atoms with Crippen molar-refractivity contribution in [2.45, 2.75) is 18.9 Å². The van der Waals surface area contributed by atoms with E-state index in [2.05, 4.69) is 5.32 Å². The normalized spacial score (nSPS) is 28.1. The maximum atomic E-state index is 12.1. The van der Waals surface area contributed by atoms with Gasteiger partial charge in [0.05, 0.1) is 6.54 Å². The van der Waals surface area contributed by atoms with Crippen LogP contribution in [0.15, 0.2) is 24.3 Å². The van der Waals surface area contributed by atoms with E-state index in [0.29, 0.717) is 6.54 Å². The van der Waals surface area contributed by atoms with Crippen molar-refractivity contribution in [3.63, 3.8) is 0 Å². The highest BCUT2D eigenvalue weighted by atomic mass is 16.5. The third kappa shape index (κ3) is 1.91. The number of benzene rings is 1. The summed E-state index contributed by atoms with van der Waals surface area (Å²) in [5.74, 6) is 0.0572. The average Bonchev–Trinajstić information content (AvgIpc) is 2.82. The Morgan fingerprint density at radius 1 is 1.39 bits per heavy atom. The summed E-state index contributed by atoms with van der Waals surface area (Å²) >= 11 is 0. The second-order valence-corrected chi connectivity index (χ2v) is 5.16. The number of hydrogen-bond donors (Lipinski definition) is 1. The van der Waals surface area contributed by atoms with Crippen LogP contribution in [-0.4, -0.2) is 37.7 Å². The highest BCUT2D eigenvalue weighted by Gasteiger charge is 2.42. The first kappa shape index (κ1) is 11.7. The van der Waals surface area contributed by atoms with Gasteiger partial charge in [0.25, 0.3) is 5.91 Å². The summed E-state index contributed by atoms with van der Waals surface area (Å²) in [6, 6.07) is 8.02. The van der Waals surface area contributed by atoms with Crippen molar-refractivity contribution < 1.29 is 9.53 Å². The van der Waals surface area contributed by atoms with E-state index < -0.39 is 0 Å². The first-order valence-corrected chi connectivity index (χ1v) is 6.41. The zero-order valence-electron chi connectivity index (χ0n) is 10.6. The number of morpholine rings is 1. The molecule has 1 aromatic rings. The second-order valence-electron chi connectivity index (χ2n) is 5.16. The van der Waals surface area contributed by atoms with Gasteiger partial charge < -0.3 is 15.0 Å². The number of hydrogen-bond acceptors (Lipinski definition) is 3. The summed E-state index contributed by atoms with van der Waals surface area (Å²) in [6.07, 6.45) is 0.975. The maximum absolute atomic E-state index is 12.1. The fourth-order valence-electron chi connectivity index (χ4n) is 2.78. The van der Waals surface area contributed by atoms with Crippen molar-refractivity contribution in [1.29, 1.82) is 0 Å². The van der Waals surface area contributed by atoms with Crippen LogP contribution in [-0.2, 0) is 9.53 Å². The summed E-state index contributed by atoms with van der Waals surface area (Å²) in [5.41, 5.74) is 1.96. The molecule has 2 heterocycles. The molecule has 1 atom stereocenters. The summed E-state index contributed by atoms with van der Waals surface area (Å²) in [6.45, 7) is 4.69. The Bertz CT molecular complexity index is 467. The van der Waals surface area contributed by atoms with Crippen molar-refractivity contribution in [2.75, 3.05) is 31.1 Å². The Labute approximate surface area is 107 Å². The van der Waals surface area contributed by atoms with E-state index in [9.17, 15) is 4.79 Å². The number of nitrogens with zero attached hydrogens (tertiary/aromatic N) is 1. The van der Waals surface area contributed by atoms with Crippen LogP contribution in [0.25, 0.3) is 0 Å². The molecule has 1 amide bonds. The molecule has 1 aromatic carbocycles. The molecule has 0 bridgehead atoms. The van der Waals surface area contributed by atoms with Gasteiger partial charge in [0.2, 0.25) is 0 Å². The lowest BCUT2D eigenvalue weighted by molar-refractivity contribution is -0.136. The number of para-hydroxylation sites is 1. The predicted molar refractivity (Wildman–Crippen MR) is 69.7 cm³/mol. The fraction of sp³-hybridized carbons (Fsp3) is 0.500. The van der Waals surface area contributed by atoms with Crippen LogP contribution in [0.5, 0.6) is 0 Å². The number of ether oxygens (including phenoxy) is 1. The van der Waals surface area contributed by atoms with Crippen molar-refractivity contribution >= 4 is 11.6 Å². The minimum absolute atomic E-state index is 0.0572. The molecule has 0 aromatic heterocycles. The highest BCUT2D eigenvalue weighted by molar-refractivity contribution is 5.95. The van der Waals surface area contributed by atoms with Gasteiger partial charge in [-0.3, -0.25) is 4.79 Å². The standard InChI is InChI=1S/C14H18N2O2/c1-11-4-2-3-5-12(11)16-10-14(6-7-15-9-14)18-8-13(16)17/h2-5,15H,6-10H2,1H3. The van der Waals surface area contributed by atoms with Gasteiger partial charge in [-0.05, 0) is 31.5 Å². The van der Waals surface area contributed by atoms with Crippen molar-refractivity contribution in [3.05, 3.63) is 29.8 Å². The third-order valence-corrected chi connectivity index (χ3v) is 3.86. The fourth-order valence-corrected chi connectivity index (χ4v) is 2.78. The average molecular weight is 246 g/mol. The van der Waals surface area contributed by atoms with Gasteiger partial charge in [-0.25, -0.2) is 0 Å². The van der Waals surface area contributed by atoms with Gasteiger partial charge in [0.1, 0.15) is 12.2 Å². The molecular weight excluding hydrogens is 228 g/mol. The van der Waals surface area contributed by atoms with E-state index in [1.165, 1.54) is 0 Å². The largest absolute Gasteiger partial charge is 0.362 e. The van der Waals surface area contributed by atoms with Crippen LogP contribution in [0.3, 0.4) is 0 Å². The van der Waals surface area contributed by atoms with Gasteiger partial charge >= 0.3 is 0 Å². The predicted octanol–water partition coefficient (Wildman–Crippen LogP) is 1.09. The van der Waals surface area contributed by atoms with Crippen molar-refractivity contribution in [3.8, 4) is 0 Å². The summed E-state index contributed by atoms with van der Waals surface area (Å²) < 4.78 is 5.78. The molecule has 1 N–H and O–H groups in total. The van der Waals surface area contributed by atoms with Crippen LogP contribution in [0, 0.1) is 6.92 Å². The Morgan fingerprint density at radius 3 is 2.94 bits per heavy atom. The quantitative estimate of drug-likeness (QED) is 0.806. The number of aryl methyl sites for hydroxylation is 1. The SMILES string of the molecule is Cc1ccccc1N1CC2(CCNC2)OCC1=O. The van der Waals surface area contributed by atoms with E-state index in [1.807, 2.05) is 36.1 Å². The smallest absolute Gasteiger partial charge is 0.253 e. The Morgan fingerprint density at radius 2 is 2.22 bits per heavy atom. The molecule has 4 nitrogen and oxygen atoms in total. The van der Waals surface area contributed by atoms with Gasteiger partial charge in [-0.15, -0.1) is 0 Å². The lowest BCUT2D eigenvalue weighted by atomic mass is 9.99. The molecule has 0 radical (unpaired) electrons. The number of anilines is 1. The van der Waals surface area contributed by atoms with Crippen LogP contribution in [0.4, 0.5) is 5.69 Å². The van der Waals surface area contributed by atoms with E-state index in [-0.39, 0.29) is 18.1 Å². The van der Waals surface area contributed by atoms with E-state index in [4.69, 9.17) is 4.74 Å². The van der Waals surface area contributed by atoms with E-state index in [0.717, 1.165) is 30.8 Å². The summed E-state index contributed by atoms with van der Waals surface area (Å²) in [4.78, 5) is 13.9. The minimum Gasteiger partial charge on any atom is -0.362 e. The lowest BCUT2D eigenvalue weighted by Gasteiger charge is -2.40. The molecule has 3 rings (SSSR count). The molecule has 2 aliphatic heterocycles.